The molecular formula is C16H23NO2. The molecule has 1 atom stereocenters. The number of carbonyl (C=O) groups excluding carboxylic acids is 1. The molecule has 1 N–H and O–H groups in total. The Hall–Kier alpha value is -1.19. The molecule has 0 bridgehead atoms. The highest BCUT2D eigenvalue weighted by molar-refractivity contribution is 5.96. The molecule has 3 nitrogen and oxygen atoms in total. The molecule has 0 amide bonds. The molecule has 1 aliphatic rings. The van der Waals surface area contributed by atoms with Crippen molar-refractivity contribution < 1.29 is 9.90 Å². The first-order chi connectivity index (χ1) is 9.07. The summed E-state index contributed by atoms with van der Waals surface area (Å²) >= 11 is 0. The van der Waals surface area contributed by atoms with Crippen molar-refractivity contribution in [1.29, 1.82) is 0 Å². The van der Waals surface area contributed by atoms with Crippen LogP contribution < -0.4 is 0 Å². The predicted octanol–water partition coefficient (Wildman–Crippen LogP) is 2.50. The van der Waals surface area contributed by atoms with Crippen LogP contribution in [0.5, 0.6) is 0 Å². The van der Waals surface area contributed by atoms with Crippen LogP contribution >= 0.6 is 0 Å². The molecular weight excluding hydrogens is 238 g/mol. The van der Waals surface area contributed by atoms with Crippen molar-refractivity contribution in [3.8, 4) is 0 Å². The minimum Gasteiger partial charge on any atom is -0.390 e. The zero-order chi connectivity index (χ0) is 13.7. The van der Waals surface area contributed by atoms with E-state index in [-0.39, 0.29) is 5.78 Å². The fourth-order valence-corrected chi connectivity index (χ4v) is 2.57. The summed E-state index contributed by atoms with van der Waals surface area (Å²) < 4.78 is 0. The molecule has 1 unspecified atom stereocenters. The Morgan fingerprint density at radius 2 is 2.00 bits per heavy atom. The van der Waals surface area contributed by atoms with E-state index in [9.17, 15) is 9.90 Å². The monoisotopic (exact) mass is 261 g/mol. The summed E-state index contributed by atoms with van der Waals surface area (Å²) in [5, 5.41) is 10.0. The zero-order valence-corrected chi connectivity index (χ0v) is 11.6. The highest BCUT2D eigenvalue weighted by Crippen LogP contribution is 2.21. The lowest BCUT2D eigenvalue weighted by molar-refractivity contribution is 0.0447. The molecule has 0 aliphatic carbocycles. The fourth-order valence-electron chi connectivity index (χ4n) is 2.57. The average molecular weight is 261 g/mol. The first-order valence-electron chi connectivity index (χ1n) is 7.10. The van der Waals surface area contributed by atoms with Crippen molar-refractivity contribution in [3.05, 3.63) is 35.9 Å². The molecule has 0 spiro atoms. The fraction of sp³-hybridized carbons (Fsp3) is 0.562. The van der Waals surface area contributed by atoms with E-state index in [2.05, 4.69) is 4.90 Å². The first-order valence-corrected chi connectivity index (χ1v) is 7.10. The van der Waals surface area contributed by atoms with Crippen LogP contribution in [0, 0.1) is 0 Å². The SMILES string of the molecule is CC1(O)CCCN(CCC(=O)c2ccccc2)CC1. The normalized spacial score (nSPS) is 24.9. The lowest BCUT2D eigenvalue weighted by Crippen LogP contribution is -2.30. The molecule has 0 aromatic heterocycles. The summed E-state index contributed by atoms with van der Waals surface area (Å²) in [6.45, 7) is 4.57. The van der Waals surface area contributed by atoms with Gasteiger partial charge in [0.15, 0.2) is 5.78 Å². The highest BCUT2D eigenvalue weighted by Gasteiger charge is 2.24. The number of hydrogen-bond acceptors (Lipinski definition) is 3. The Bertz CT molecular complexity index is 414. The van der Waals surface area contributed by atoms with Crippen LogP contribution in [0.25, 0.3) is 0 Å². The average Bonchev–Trinajstić information content (AvgIpc) is 2.58. The first kappa shape index (κ1) is 14.2. The van der Waals surface area contributed by atoms with Crippen LogP contribution in [0.1, 0.15) is 43.0 Å². The number of carbonyl (C=O) groups is 1. The number of likely N-dealkylation sites (tertiary alicyclic amines) is 1. The highest BCUT2D eigenvalue weighted by atomic mass is 16.3. The van der Waals surface area contributed by atoms with Gasteiger partial charge >= 0.3 is 0 Å². The van der Waals surface area contributed by atoms with Gasteiger partial charge in [-0.3, -0.25) is 4.79 Å². The number of Topliss-reactive ketones (excluding diaryl/α,β-unsaturated/α-hetero) is 1. The van der Waals surface area contributed by atoms with E-state index in [4.69, 9.17) is 0 Å². The maximum atomic E-state index is 12.0. The van der Waals surface area contributed by atoms with Crippen LogP contribution in [0.4, 0.5) is 0 Å². The maximum absolute atomic E-state index is 12.0. The van der Waals surface area contributed by atoms with Crippen molar-refractivity contribution >= 4 is 5.78 Å². The second kappa shape index (κ2) is 6.31. The van der Waals surface area contributed by atoms with Crippen LogP contribution in [0.15, 0.2) is 30.3 Å². The van der Waals surface area contributed by atoms with E-state index >= 15 is 0 Å². The summed E-state index contributed by atoms with van der Waals surface area (Å²) in [6.07, 6.45) is 3.22. The van der Waals surface area contributed by atoms with Crippen LogP contribution in [-0.2, 0) is 0 Å². The minimum atomic E-state index is -0.530. The van der Waals surface area contributed by atoms with Gasteiger partial charge in [0.1, 0.15) is 0 Å². The van der Waals surface area contributed by atoms with E-state index in [1.165, 1.54) is 0 Å². The van der Waals surface area contributed by atoms with Gasteiger partial charge in [0.05, 0.1) is 5.60 Å². The topological polar surface area (TPSA) is 40.5 Å². The lowest BCUT2D eigenvalue weighted by Gasteiger charge is -2.22. The van der Waals surface area contributed by atoms with Gasteiger partial charge in [-0.25, -0.2) is 0 Å². The van der Waals surface area contributed by atoms with Crippen molar-refractivity contribution in [2.24, 2.45) is 0 Å². The molecule has 1 aromatic carbocycles. The van der Waals surface area contributed by atoms with E-state index in [1.807, 2.05) is 37.3 Å². The number of ketones is 1. The Morgan fingerprint density at radius 1 is 1.26 bits per heavy atom. The molecule has 1 heterocycles. The smallest absolute Gasteiger partial charge is 0.164 e. The van der Waals surface area contributed by atoms with Crippen LogP contribution in [0.3, 0.4) is 0 Å². The quantitative estimate of drug-likeness (QED) is 0.847. The molecule has 0 saturated carbocycles. The summed E-state index contributed by atoms with van der Waals surface area (Å²) in [4.78, 5) is 14.3. The summed E-state index contributed by atoms with van der Waals surface area (Å²) in [5.74, 6) is 0.205. The molecule has 1 aromatic rings. The standard InChI is InChI=1S/C16H23NO2/c1-16(19)9-5-11-17(13-10-16)12-8-15(18)14-6-3-2-4-7-14/h2-4,6-7,19H,5,8-13H2,1H3. The van der Waals surface area contributed by atoms with Crippen LogP contribution in [-0.4, -0.2) is 41.0 Å². The van der Waals surface area contributed by atoms with Gasteiger partial charge in [-0.2, -0.15) is 0 Å². The molecule has 3 heteroatoms. The van der Waals surface area contributed by atoms with Gasteiger partial charge in [0.2, 0.25) is 0 Å². The van der Waals surface area contributed by atoms with Gasteiger partial charge in [0.25, 0.3) is 0 Å². The Labute approximate surface area is 115 Å². The molecule has 104 valence electrons. The van der Waals surface area contributed by atoms with E-state index in [0.29, 0.717) is 6.42 Å². The van der Waals surface area contributed by atoms with Gasteiger partial charge in [-0.05, 0) is 32.7 Å². The van der Waals surface area contributed by atoms with Gasteiger partial charge < -0.3 is 10.0 Å². The summed E-state index contributed by atoms with van der Waals surface area (Å²) in [6, 6.07) is 9.46. The molecule has 2 rings (SSSR count). The van der Waals surface area contributed by atoms with Crippen LogP contribution in [0.2, 0.25) is 0 Å². The zero-order valence-electron chi connectivity index (χ0n) is 11.6. The largest absolute Gasteiger partial charge is 0.390 e. The van der Waals surface area contributed by atoms with Crippen molar-refractivity contribution in [2.75, 3.05) is 19.6 Å². The predicted molar refractivity (Wildman–Crippen MR) is 76.3 cm³/mol. The van der Waals surface area contributed by atoms with Crippen molar-refractivity contribution in [1.82, 2.24) is 4.90 Å². The van der Waals surface area contributed by atoms with E-state index < -0.39 is 5.60 Å². The summed E-state index contributed by atoms with van der Waals surface area (Å²) in [7, 11) is 0. The maximum Gasteiger partial charge on any atom is 0.164 e. The third kappa shape index (κ3) is 4.44. The van der Waals surface area contributed by atoms with Crippen molar-refractivity contribution in [2.45, 2.75) is 38.2 Å². The van der Waals surface area contributed by atoms with Gasteiger partial charge in [0, 0.05) is 25.1 Å². The minimum absolute atomic E-state index is 0.205. The Balaban J connectivity index is 1.81. The number of nitrogens with zero attached hydrogens (tertiary/aromatic N) is 1. The molecule has 1 aliphatic heterocycles. The van der Waals surface area contributed by atoms with E-state index in [0.717, 1.165) is 44.5 Å². The molecule has 1 saturated heterocycles. The van der Waals surface area contributed by atoms with Gasteiger partial charge in [-0.15, -0.1) is 0 Å². The third-order valence-corrected chi connectivity index (χ3v) is 3.91. The van der Waals surface area contributed by atoms with E-state index in [1.54, 1.807) is 0 Å². The lowest BCUT2D eigenvalue weighted by atomic mass is 9.98. The summed E-state index contributed by atoms with van der Waals surface area (Å²) in [5.41, 5.74) is 0.266. The second-order valence-corrected chi connectivity index (χ2v) is 5.73. The number of aliphatic hydroxyl groups is 1. The Morgan fingerprint density at radius 3 is 2.74 bits per heavy atom. The van der Waals surface area contributed by atoms with Gasteiger partial charge in [-0.1, -0.05) is 30.3 Å². The number of rotatable bonds is 4. The second-order valence-electron chi connectivity index (χ2n) is 5.73. The number of hydrogen-bond donors (Lipinski definition) is 1. The molecule has 0 radical (unpaired) electrons. The van der Waals surface area contributed by atoms with Crippen molar-refractivity contribution in [3.63, 3.8) is 0 Å². The third-order valence-electron chi connectivity index (χ3n) is 3.91. The molecule has 1 fully saturated rings. The Kier molecular flexibility index (Phi) is 4.72. The molecule has 19 heavy (non-hydrogen) atoms. The number of benzene rings is 1.